The van der Waals surface area contributed by atoms with Gasteiger partial charge in [0, 0.05) is 29.2 Å². The quantitative estimate of drug-likeness (QED) is 0.813. The van der Waals surface area contributed by atoms with Crippen molar-refractivity contribution in [3.63, 3.8) is 0 Å². The van der Waals surface area contributed by atoms with Crippen LogP contribution in [0.5, 0.6) is 5.75 Å². The third-order valence-corrected chi connectivity index (χ3v) is 4.83. The van der Waals surface area contributed by atoms with Crippen LogP contribution in [-0.4, -0.2) is 42.5 Å². The maximum Gasteiger partial charge on any atom is 0.258 e. The Bertz CT molecular complexity index is 759. The summed E-state index contributed by atoms with van der Waals surface area (Å²) in [6.07, 6.45) is 1.49. The standard InChI is InChI=1S/C20H21BrN2O3/c21-16-6-4-5-15(13-16)20(25)23-11-9-17(10-12-23)22-19(24)14-26-18-7-2-1-3-8-18/h1-8,13,17H,9-12,14H2,(H,22,24). The Morgan fingerprint density at radius 3 is 2.50 bits per heavy atom. The molecular weight excluding hydrogens is 396 g/mol. The fourth-order valence-electron chi connectivity index (χ4n) is 2.97. The van der Waals surface area contributed by atoms with Crippen LogP contribution in [0.25, 0.3) is 0 Å². The van der Waals surface area contributed by atoms with Gasteiger partial charge in [-0.2, -0.15) is 0 Å². The molecule has 0 radical (unpaired) electrons. The molecule has 0 aliphatic carbocycles. The average Bonchev–Trinajstić information content (AvgIpc) is 2.67. The lowest BCUT2D eigenvalue weighted by atomic mass is 10.0. The van der Waals surface area contributed by atoms with Gasteiger partial charge >= 0.3 is 0 Å². The molecule has 136 valence electrons. The smallest absolute Gasteiger partial charge is 0.258 e. The largest absolute Gasteiger partial charge is 0.484 e. The number of nitrogens with zero attached hydrogens (tertiary/aromatic N) is 1. The summed E-state index contributed by atoms with van der Waals surface area (Å²) in [5, 5.41) is 2.99. The molecule has 1 saturated heterocycles. The Balaban J connectivity index is 1.43. The maximum absolute atomic E-state index is 12.5. The van der Waals surface area contributed by atoms with Crippen LogP contribution < -0.4 is 10.1 Å². The number of benzene rings is 2. The van der Waals surface area contributed by atoms with Gasteiger partial charge in [0.2, 0.25) is 0 Å². The molecule has 5 nitrogen and oxygen atoms in total. The summed E-state index contributed by atoms with van der Waals surface area (Å²) in [6, 6.07) is 16.8. The van der Waals surface area contributed by atoms with Crippen molar-refractivity contribution in [1.29, 1.82) is 0 Å². The Morgan fingerprint density at radius 1 is 1.08 bits per heavy atom. The van der Waals surface area contributed by atoms with Crippen LogP contribution in [-0.2, 0) is 4.79 Å². The number of likely N-dealkylation sites (tertiary alicyclic amines) is 1. The SMILES string of the molecule is O=C(COc1ccccc1)NC1CCN(C(=O)c2cccc(Br)c2)CC1. The summed E-state index contributed by atoms with van der Waals surface area (Å²) >= 11 is 3.39. The minimum absolute atomic E-state index is 0.00119. The molecule has 2 aromatic rings. The molecule has 0 saturated carbocycles. The van der Waals surface area contributed by atoms with Crippen molar-refractivity contribution in [2.24, 2.45) is 0 Å². The van der Waals surface area contributed by atoms with Gasteiger partial charge in [-0.25, -0.2) is 0 Å². The van der Waals surface area contributed by atoms with Gasteiger partial charge in [-0.05, 0) is 43.2 Å². The molecule has 26 heavy (non-hydrogen) atoms. The highest BCUT2D eigenvalue weighted by molar-refractivity contribution is 9.10. The van der Waals surface area contributed by atoms with E-state index >= 15 is 0 Å². The summed E-state index contributed by atoms with van der Waals surface area (Å²) in [5.74, 6) is 0.575. The molecule has 1 aliphatic rings. The number of nitrogens with one attached hydrogen (secondary N) is 1. The number of amides is 2. The maximum atomic E-state index is 12.5. The van der Waals surface area contributed by atoms with Gasteiger partial charge in [-0.3, -0.25) is 9.59 Å². The Kier molecular flexibility index (Phi) is 6.28. The van der Waals surface area contributed by atoms with E-state index in [1.165, 1.54) is 0 Å². The lowest BCUT2D eigenvalue weighted by Gasteiger charge is -2.32. The van der Waals surface area contributed by atoms with Crippen LogP contribution in [0.4, 0.5) is 0 Å². The van der Waals surface area contributed by atoms with Gasteiger partial charge < -0.3 is 15.0 Å². The molecule has 0 atom stereocenters. The van der Waals surface area contributed by atoms with Crippen LogP contribution >= 0.6 is 15.9 Å². The lowest BCUT2D eigenvalue weighted by Crippen LogP contribution is -2.47. The van der Waals surface area contributed by atoms with Crippen LogP contribution in [0.15, 0.2) is 59.1 Å². The van der Waals surface area contributed by atoms with E-state index in [1.807, 2.05) is 59.5 Å². The minimum Gasteiger partial charge on any atom is -0.484 e. The molecule has 1 N–H and O–H groups in total. The molecule has 3 rings (SSSR count). The van der Waals surface area contributed by atoms with E-state index in [4.69, 9.17) is 4.74 Å². The van der Waals surface area contributed by atoms with Crippen molar-refractivity contribution in [2.75, 3.05) is 19.7 Å². The van der Waals surface area contributed by atoms with Crippen molar-refractivity contribution in [2.45, 2.75) is 18.9 Å². The minimum atomic E-state index is -0.134. The van der Waals surface area contributed by atoms with Crippen LogP contribution in [0.3, 0.4) is 0 Å². The molecule has 0 spiro atoms. The number of ether oxygens (including phenoxy) is 1. The van der Waals surface area contributed by atoms with Gasteiger partial charge in [0.05, 0.1) is 0 Å². The highest BCUT2D eigenvalue weighted by Crippen LogP contribution is 2.17. The van der Waals surface area contributed by atoms with Gasteiger partial charge in [0.25, 0.3) is 11.8 Å². The van der Waals surface area contributed by atoms with Gasteiger partial charge in [0.15, 0.2) is 6.61 Å². The number of piperidine rings is 1. The first-order valence-corrected chi connectivity index (χ1v) is 9.43. The second-order valence-electron chi connectivity index (χ2n) is 6.25. The molecule has 1 aliphatic heterocycles. The van der Waals surface area contributed by atoms with Gasteiger partial charge in [-0.1, -0.05) is 40.2 Å². The summed E-state index contributed by atoms with van der Waals surface area (Å²) in [4.78, 5) is 26.4. The average molecular weight is 417 g/mol. The first-order chi connectivity index (χ1) is 12.6. The fraction of sp³-hybridized carbons (Fsp3) is 0.300. The summed E-state index contributed by atoms with van der Waals surface area (Å²) in [6.45, 7) is 1.27. The van der Waals surface area contributed by atoms with Crippen LogP contribution in [0.1, 0.15) is 23.2 Å². The molecule has 0 unspecified atom stereocenters. The van der Waals surface area contributed by atoms with Crippen molar-refractivity contribution in [3.8, 4) is 5.75 Å². The van der Waals surface area contributed by atoms with Gasteiger partial charge in [0.1, 0.15) is 5.75 Å². The number of hydrogen-bond acceptors (Lipinski definition) is 3. The summed E-state index contributed by atoms with van der Waals surface area (Å²) in [7, 11) is 0. The van der Waals surface area contributed by atoms with E-state index in [2.05, 4.69) is 21.2 Å². The number of carbonyl (C=O) groups excluding carboxylic acids is 2. The monoisotopic (exact) mass is 416 g/mol. The van der Waals surface area contributed by atoms with E-state index in [0.29, 0.717) is 24.4 Å². The van der Waals surface area contributed by atoms with Crippen molar-refractivity contribution in [1.82, 2.24) is 10.2 Å². The molecular formula is C20H21BrN2O3. The number of hydrogen-bond donors (Lipinski definition) is 1. The topological polar surface area (TPSA) is 58.6 Å². The number of rotatable bonds is 5. The number of halogens is 1. The molecule has 2 amide bonds. The van der Waals surface area contributed by atoms with E-state index in [9.17, 15) is 9.59 Å². The van der Waals surface area contributed by atoms with E-state index < -0.39 is 0 Å². The zero-order valence-corrected chi connectivity index (χ0v) is 15.9. The first kappa shape index (κ1) is 18.5. The van der Waals surface area contributed by atoms with Crippen molar-refractivity contribution >= 4 is 27.7 Å². The van der Waals surface area contributed by atoms with Gasteiger partial charge in [-0.15, -0.1) is 0 Å². The third-order valence-electron chi connectivity index (χ3n) is 4.33. The van der Waals surface area contributed by atoms with Crippen molar-refractivity contribution in [3.05, 3.63) is 64.6 Å². The predicted molar refractivity (Wildman–Crippen MR) is 103 cm³/mol. The zero-order chi connectivity index (χ0) is 18.4. The molecule has 0 bridgehead atoms. The molecule has 1 heterocycles. The van der Waals surface area contributed by atoms with E-state index in [-0.39, 0.29) is 24.5 Å². The zero-order valence-electron chi connectivity index (χ0n) is 14.4. The molecule has 1 fully saturated rings. The third kappa shape index (κ3) is 5.08. The Labute approximate surface area is 161 Å². The predicted octanol–water partition coefficient (Wildman–Crippen LogP) is 3.25. The van der Waals surface area contributed by atoms with Crippen LogP contribution in [0, 0.1) is 0 Å². The number of carbonyl (C=O) groups is 2. The second-order valence-corrected chi connectivity index (χ2v) is 7.16. The Morgan fingerprint density at radius 2 is 1.81 bits per heavy atom. The highest BCUT2D eigenvalue weighted by atomic mass is 79.9. The normalized spacial score (nSPS) is 14.7. The molecule has 6 heteroatoms. The Hall–Kier alpha value is -2.34. The molecule has 2 aromatic carbocycles. The summed E-state index contributed by atoms with van der Waals surface area (Å²) < 4.78 is 6.35. The van der Waals surface area contributed by atoms with Crippen molar-refractivity contribution < 1.29 is 14.3 Å². The van der Waals surface area contributed by atoms with E-state index in [0.717, 1.165) is 17.3 Å². The summed E-state index contributed by atoms with van der Waals surface area (Å²) in [5.41, 5.74) is 0.679. The highest BCUT2D eigenvalue weighted by Gasteiger charge is 2.24. The first-order valence-electron chi connectivity index (χ1n) is 8.64. The lowest BCUT2D eigenvalue weighted by molar-refractivity contribution is -0.124. The molecule has 0 aromatic heterocycles. The van der Waals surface area contributed by atoms with E-state index in [1.54, 1.807) is 0 Å². The fourth-order valence-corrected chi connectivity index (χ4v) is 3.37. The number of para-hydroxylation sites is 1. The van der Waals surface area contributed by atoms with Crippen LogP contribution in [0.2, 0.25) is 0 Å². The second kappa shape index (κ2) is 8.85.